The summed E-state index contributed by atoms with van der Waals surface area (Å²) in [6, 6.07) is 7.82. The molecule has 0 saturated heterocycles. The molecule has 6 heteroatoms. The maximum absolute atomic E-state index is 12.7. The Labute approximate surface area is 116 Å². The second-order valence-electron chi connectivity index (χ2n) is 3.40. The van der Waals surface area contributed by atoms with Crippen LogP contribution in [-0.4, -0.2) is 4.98 Å². The van der Waals surface area contributed by atoms with Gasteiger partial charge < -0.3 is 10.5 Å². The van der Waals surface area contributed by atoms with Gasteiger partial charge in [-0.2, -0.15) is 5.26 Å². The van der Waals surface area contributed by atoms with Gasteiger partial charge in [-0.25, -0.2) is 9.37 Å². The van der Waals surface area contributed by atoms with Gasteiger partial charge in [-0.1, -0.05) is 0 Å². The molecule has 1 heterocycles. The van der Waals surface area contributed by atoms with E-state index in [1.165, 1.54) is 18.2 Å². The number of ether oxygens (including phenoxy) is 1. The van der Waals surface area contributed by atoms with Gasteiger partial charge in [-0.3, -0.25) is 0 Å². The third-order valence-corrected chi connectivity index (χ3v) is 2.91. The molecule has 0 saturated carbocycles. The summed E-state index contributed by atoms with van der Waals surface area (Å²) in [6.45, 7) is 0. The minimum atomic E-state index is -0.440. The summed E-state index contributed by atoms with van der Waals surface area (Å²) < 4.78 is 18.9. The molecule has 0 radical (unpaired) electrons. The molecular weight excluding hydrogens is 348 g/mol. The van der Waals surface area contributed by atoms with Crippen molar-refractivity contribution in [1.29, 1.82) is 5.26 Å². The monoisotopic (exact) mass is 355 g/mol. The van der Waals surface area contributed by atoms with Gasteiger partial charge >= 0.3 is 0 Å². The Morgan fingerprint density at radius 2 is 2.17 bits per heavy atom. The number of nitriles is 1. The molecule has 0 aliphatic carbocycles. The lowest BCUT2D eigenvalue weighted by Crippen LogP contribution is -1.97. The minimum absolute atomic E-state index is 0.241. The summed E-state index contributed by atoms with van der Waals surface area (Å²) in [5.74, 6) is 0.212. The van der Waals surface area contributed by atoms with Crippen LogP contribution in [0.2, 0.25) is 0 Å². The number of nitrogens with two attached hydrogens (primary N) is 1. The Kier molecular flexibility index (Phi) is 3.62. The zero-order chi connectivity index (χ0) is 13.1. The predicted octanol–water partition coefficient (Wildman–Crippen LogP) is 3.07. The largest absolute Gasteiger partial charge is 0.436 e. The predicted molar refractivity (Wildman–Crippen MR) is 72.6 cm³/mol. The number of nitrogen functional groups attached to an aromatic ring is 1. The summed E-state index contributed by atoms with van der Waals surface area (Å²) >= 11 is 2.01. The Balaban J connectivity index is 2.35. The Hall–Kier alpha value is -1.88. The van der Waals surface area contributed by atoms with Crippen LogP contribution in [0, 0.1) is 20.7 Å². The average Bonchev–Trinajstić information content (AvgIpc) is 2.35. The Morgan fingerprint density at radius 1 is 1.39 bits per heavy atom. The number of hydrogen-bond donors (Lipinski definition) is 1. The highest BCUT2D eigenvalue weighted by atomic mass is 127. The lowest BCUT2D eigenvalue weighted by atomic mass is 10.2. The molecule has 2 aromatic rings. The minimum Gasteiger partial charge on any atom is -0.436 e. The van der Waals surface area contributed by atoms with Crippen LogP contribution in [-0.2, 0) is 0 Å². The molecule has 18 heavy (non-hydrogen) atoms. The molecule has 0 unspecified atom stereocenters. The van der Waals surface area contributed by atoms with E-state index in [0.717, 1.165) is 6.20 Å². The average molecular weight is 355 g/mol. The zero-order valence-electron chi connectivity index (χ0n) is 9.02. The van der Waals surface area contributed by atoms with Crippen molar-refractivity contribution in [2.24, 2.45) is 0 Å². The smallest absolute Gasteiger partial charge is 0.219 e. The van der Waals surface area contributed by atoms with Gasteiger partial charge in [0, 0.05) is 6.07 Å². The second kappa shape index (κ2) is 5.18. The molecule has 0 aliphatic heterocycles. The van der Waals surface area contributed by atoms with Crippen LogP contribution in [0.15, 0.2) is 30.5 Å². The van der Waals surface area contributed by atoms with Crippen LogP contribution in [0.25, 0.3) is 0 Å². The molecule has 0 fully saturated rings. The van der Waals surface area contributed by atoms with E-state index < -0.39 is 5.82 Å². The van der Waals surface area contributed by atoms with E-state index in [1.807, 2.05) is 28.7 Å². The number of pyridine rings is 1. The molecule has 0 bridgehead atoms. The number of halogens is 2. The molecular formula is C12H7FIN3O. The van der Waals surface area contributed by atoms with Gasteiger partial charge in [0.25, 0.3) is 0 Å². The summed E-state index contributed by atoms with van der Waals surface area (Å²) in [5, 5.41) is 8.79. The molecule has 90 valence electrons. The fraction of sp³-hybridized carbons (Fsp3) is 0. The molecule has 2 N–H and O–H groups in total. The molecule has 0 amide bonds. The van der Waals surface area contributed by atoms with Gasteiger partial charge in [0.15, 0.2) is 5.75 Å². The first kappa shape index (κ1) is 12.6. The maximum Gasteiger partial charge on any atom is 0.219 e. The van der Waals surface area contributed by atoms with Gasteiger partial charge in [-0.15, -0.1) is 0 Å². The zero-order valence-corrected chi connectivity index (χ0v) is 11.2. The van der Waals surface area contributed by atoms with Crippen LogP contribution in [0.4, 0.5) is 10.1 Å². The highest BCUT2D eigenvalue weighted by Gasteiger charge is 2.10. The Bertz CT molecular complexity index is 599. The van der Waals surface area contributed by atoms with Crippen LogP contribution in [0.3, 0.4) is 0 Å². The number of anilines is 1. The number of hydrogen-bond acceptors (Lipinski definition) is 4. The fourth-order valence-electron chi connectivity index (χ4n) is 1.31. The first-order chi connectivity index (χ1) is 8.60. The lowest BCUT2D eigenvalue weighted by Gasteiger charge is -2.09. The van der Waals surface area contributed by atoms with Gasteiger partial charge in [0.05, 0.1) is 27.1 Å². The molecule has 0 atom stereocenters. The molecule has 1 aromatic carbocycles. The lowest BCUT2D eigenvalue weighted by molar-refractivity contribution is 0.458. The Morgan fingerprint density at radius 3 is 2.72 bits per heavy atom. The number of rotatable bonds is 2. The third kappa shape index (κ3) is 2.68. The molecule has 0 spiro atoms. The SMILES string of the molecule is N#Cc1cc(N)c(Oc2ccc(F)cn2)c(I)c1. The van der Waals surface area contributed by atoms with E-state index in [-0.39, 0.29) is 5.88 Å². The van der Waals surface area contributed by atoms with Gasteiger partial charge in [0.2, 0.25) is 5.88 Å². The van der Waals surface area contributed by atoms with E-state index in [0.29, 0.717) is 20.6 Å². The van der Waals surface area contributed by atoms with Crippen LogP contribution in [0.1, 0.15) is 5.56 Å². The van der Waals surface area contributed by atoms with Crippen molar-refractivity contribution in [2.45, 2.75) is 0 Å². The number of benzene rings is 1. The molecule has 4 nitrogen and oxygen atoms in total. The van der Waals surface area contributed by atoms with E-state index in [4.69, 9.17) is 15.7 Å². The molecule has 1 aromatic heterocycles. The summed E-state index contributed by atoms with van der Waals surface area (Å²) in [6.07, 6.45) is 1.06. The van der Waals surface area contributed by atoms with Crippen molar-refractivity contribution in [3.05, 3.63) is 45.4 Å². The fourth-order valence-corrected chi connectivity index (χ4v) is 2.07. The maximum atomic E-state index is 12.7. The van der Waals surface area contributed by atoms with E-state index in [1.54, 1.807) is 6.07 Å². The second-order valence-corrected chi connectivity index (χ2v) is 4.57. The first-order valence-electron chi connectivity index (χ1n) is 4.88. The summed E-state index contributed by atoms with van der Waals surface area (Å²) in [7, 11) is 0. The van der Waals surface area contributed by atoms with Gasteiger partial charge in [0.1, 0.15) is 5.82 Å². The standard InChI is InChI=1S/C12H7FIN3O/c13-8-1-2-11(17-6-8)18-12-9(14)3-7(5-15)4-10(12)16/h1-4,6H,16H2. The highest BCUT2D eigenvalue weighted by molar-refractivity contribution is 14.1. The first-order valence-corrected chi connectivity index (χ1v) is 5.96. The quantitative estimate of drug-likeness (QED) is 0.664. The molecule has 0 aliphatic rings. The van der Waals surface area contributed by atoms with Crippen molar-refractivity contribution < 1.29 is 9.13 Å². The van der Waals surface area contributed by atoms with E-state index in [9.17, 15) is 4.39 Å². The van der Waals surface area contributed by atoms with E-state index in [2.05, 4.69) is 4.98 Å². The highest BCUT2D eigenvalue weighted by Crippen LogP contribution is 2.32. The van der Waals surface area contributed by atoms with Crippen LogP contribution >= 0.6 is 22.6 Å². The van der Waals surface area contributed by atoms with Crippen molar-refractivity contribution in [2.75, 3.05) is 5.73 Å². The van der Waals surface area contributed by atoms with Crippen molar-refractivity contribution in [3.63, 3.8) is 0 Å². The number of aromatic nitrogens is 1. The van der Waals surface area contributed by atoms with Crippen molar-refractivity contribution >= 4 is 28.3 Å². The van der Waals surface area contributed by atoms with Crippen LogP contribution in [0.5, 0.6) is 11.6 Å². The molecule has 2 rings (SSSR count). The van der Waals surface area contributed by atoms with E-state index >= 15 is 0 Å². The van der Waals surface area contributed by atoms with Gasteiger partial charge in [-0.05, 0) is 40.8 Å². The third-order valence-electron chi connectivity index (χ3n) is 2.11. The summed E-state index contributed by atoms with van der Waals surface area (Å²) in [4.78, 5) is 3.78. The van der Waals surface area contributed by atoms with Crippen molar-refractivity contribution in [1.82, 2.24) is 4.98 Å². The topological polar surface area (TPSA) is 71.9 Å². The number of nitrogens with zero attached hydrogens (tertiary/aromatic N) is 2. The van der Waals surface area contributed by atoms with Crippen LogP contribution < -0.4 is 10.5 Å². The normalized spacial score (nSPS) is 9.83. The summed E-state index contributed by atoms with van der Waals surface area (Å²) in [5.41, 5.74) is 6.59. The van der Waals surface area contributed by atoms with Crippen molar-refractivity contribution in [3.8, 4) is 17.7 Å².